The van der Waals surface area contributed by atoms with Crippen LogP contribution in [0.5, 0.6) is 0 Å². The molecule has 1 aliphatic rings. The second-order valence-corrected chi connectivity index (χ2v) is 4.75. The molecule has 6 heteroatoms. The molecule has 1 heterocycles. The fraction of sp³-hybridized carbons (Fsp3) is 0.571. The maximum atomic E-state index is 10.9. The molecular weight excluding hydrogens is 192 g/mol. The van der Waals surface area contributed by atoms with Crippen LogP contribution in [0, 0.1) is 0 Å². The zero-order valence-corrected chi connectivity index (χ0v) is 8.10. The van der Waals surface area contributed by atoms with Crippen molar-refractivity contribution >= 4 is 15.7 Å². The van der Waals surface area contributed by atoms with Crippen molar-refractivity contribution in [1.29, 1.82) is 0 Å². The number of carbonyl (C=O) groups is 1. The van der Waals surface area contributed by atoms with E-state index in [-0.39, 0.29) is 24.2 Å². The largest absolute Gasteiger partial charge is 0.358 e. The zero-order chi connectivity index (χ0) is 9.90. The van der Waals surface area contributed by atoms with Crippen molar-refractivity contribution in [2.24, 2.45) is 0 Å². The minimum absolute atomic E-state index is 0.0456. The fourth-order valence-electron chi connectivity index (χ4n) is 1.02. The van der Waals surface area contributed by atoms with Gasteiger partial charge >= 0.3 is 0 Å². The molecule has 1 atom stereocenters. The first-order chi connectivity index (χ1) is 6.03. The van der Waals surface area contributed by atoms with E-state index in [1.165, 1.54) is 12.5 Å². The topological polar surface area (TPSA) is 75.3 Å². The van der Waals surface area contributed by atoms with E-state index >= 15 is 0 Å². The van der Waals surface area contributed by atoms with Gasteiger partial charge in [-0.2, -0.15) is 0 Å². The van der Waals surface area contributed by atoms with Crippen LogP contribution >= 0.6 is 0 Å². The van der Waals surface area contributed by atoms with Gasteiger partial charge in [0.15, 0.2) is 9.84 Å². The summed E-state index contributed by atoms with van der Waals surface area (Å²) in [4.78, 5) is 10.8. The zero-order valence-electron chi connectivity index (χ0n) is 7.28. The molecule has 0 aromatic carbocycles. The summed E-state index contributed by atoms with van der Waals surface area (Å²) in [5, 5.41) is 6.42. The smallest absolute Gasteiger partial charge is 0.233 e. The minimum Gasteiger partial charge on any atom is -0.358 e. The van der Waals surface area contributed by atoms with Gasteiger partial charge in [0.25, 0.3) is 0 Å². The van der Waals surface area contributed by atoms with Gasteiger partial charge in [0.05, 0.1) is 12.3 Å². The molecule has 2 N–H and O–H groups in total. The van der Waals surface area contributed by atoms with Crippen molar-refractivity contribution in [3.8, 4) is 0 Å². The standard InChI is InChI=1S/C7H12N2O3S/c1-8-7(10)4-9-6-2-3-13(11,12)5-6/h2-3,6,9H,4-5H2,1H3,(H,8,10). The number of rotatable bonds is 3. The molecule has 1 amide bonds. The Morgan fingerprint density at radius 2 is 2.31 bits per heavy atom. The highest BCUT2D eigenvalue weighted by atomic mass is 32.2. The van der Waals surface area contributed by atoms with Gasteiger partial charge in [0, 0.05) is 18.5 Å². The van der Waals surface area contributed by atoms with Crippen LogP contribution in [0.2, 0.25) is 0 Å². The minimum atomic E-state index is -3.02. The SMILES string of the molecule is CNC(=O)CNC1C=CS(=O)(=O)C1. The van der Waals surface area contributed by atoms with Crippen molar-refractivity contribution < 1.29 is 13.2 Å². The lowest BCUT2D eigenvalue weighted by Gasteiger charge is -2.07. The summed E-state index contributed by atoms with van der Waals surface area (Å²) in [5.74, 6) is -0.109. The van der Waals surface area contributed by atoms with Crippen LogP contribution in [0.25, 0.3) is 0 Å². The van der Waals surface area contributed by atoms with Crippen LogP contribution in [-0.4, -0.2) is 39.7 Å². The van der Waals surface area contributed by atoms with Gasteiger partial charge in [-0.3, -0.25) is 4.79 Å². The molecule has 1 aliphatic heterocycles. The highest BCUT2D eigenvalue weighted by molar-refractivity contribution is 7.94. The molecule has 1 rings (SSSR count). The molecule has 0 saturated heterocycles. The van der Waals surface area contributed by atoms with E-state index < -0.39 is 9.84 Å². The van der Waals surface area contributed by atoms with Crippen LogP contribution in [0.1, 0.15) is 0 Å². The summed E-state index contributed by atoms with van der Waals surface area (Å²) in [5.41, 5.74) is 0. The maximum Gasteiger partial charge on any atom is 0.233 e. The van der Waals surface area contributed by atoms with Crippen molar-refractivity contribution in [1.82, 2.24) is 10.6 Å². The Kier molecular flexibility index (Phi) is 3.05. The fourth-order valence-corrected chi connectivity index (χ4v) is 2.28. The predicted molar refractivity (Wildman–Crippen MR) is 48.8 cm³/mol. The number of hydrogen-bond donors (Lipinski definition) is 2. The van der Waals surface area contributed by atoms with Gasteiger partial charge < -0.3 is 10.6 Å². The molecule has 0 fully saturated rings. The maximum absolute atomic E-state index is 10.9. The number of amides is 1. The summed E-state index contributed by atoms with van der Waals surface area (Å²) in [6.07, 6.45) is 1.55. The monoisotopic (exact) mass is 204 g/mol. The number of nitrogens with one attached hydrogen (secondary N) is 2. The van der Waals surface area contributed by atoms with Gasteiger partial charge in [-0.15, -0.1) is 0 Å². The Morgan fingerprint density at radius 1 is 1.62 bits per heavy atom. The first kappa shape index (κ1) is 10.2. The first-order valence-corrected chi connectivity index (χ1v) is 5.60. The lowest BCUT2D eigenvalue weighted by Crippen LogP contribution is -2.38. The number of carbonyl (C=O) groups excluding carboxylic acids is 1. The lowest BCUT2D eigenvalue weighted by molar-refractivity contribution is -0.119. The number of hydrogen-bond acceptors (Lipinski definition) is 4. The van der Waals surface area contributed by atoms with Crippen LogP contribution in [0.15, 0.2) is 11.5 Å². The van der Waals surface area contributed by atoms with Crippen molar-refractivity contribution in [2.75, 3.05) is 19.3 Å². The van der Waals surface area contributed by atoms with E-state index in [2.05, 4.69) is 10.6 Å². The van der Waals surface area contributed by atoms with Gasteiger partial charge in [0.2, 0.25) is 5.91 Å². The van der Waals surface area contributed by atoms with Crippen LogP contribution in [0.3, 0.4) is 0 Å². The van der Waals surface area contributed by atoms with E-state index in [0.717, 1.165) is 0 Å². The third kappa shape index (κ3) is 3.16. The molecule has 5 nitrogen and oxygen atoms in total. The summed E-state index contributed by atoms with van der Waals surface area (Å²) in [6.45, 7) is 0.140. The molecule has 1 unspecified atom stereocenters. The van der Waals surface area contributed by atoms with E-state index in [9.17, 15) is 13.2 Å². The average Bonchev–Trinajstić information content (AvgIpc) is 2.41. The Bertz CT molecular complexity index is 321. The molecule has 0 aromatic rings. The van der Waals surface area contributed by atoms with Crippen molar-refractivity contribution in [3.05, 3.63) is 11.5 Å². The molecule has 0 spiro atoms. The van der Waals surface area contributed by atoms with Gasteiger partial charge in [0.1, 0.15) is 0 Å². The molecular formula is C7H12N2O3S. The van der Waals surface area contributed by atoms with Gasteiger partial charge in [-0.1, -0.05) is 6.08 Å². The van der Waals surface area contributed by atoms with Crippen LogP contribution in [-0.2, 0) is 14.6 Å². The molecule has 74 valence electrons. The van der Waals surface area contributed by atoms with Gasteiger partial charge in [-0.05, 0) is 0 Å². The Labute approximate surface area is 77.1 Å². The molecule has 0 aliphatic carbocycles. The quantitative estimate of drug-likeness (QED) is 0.595. The Hall–Kier alpha value is -0.880. The molecule has 0 saturated carbocycles. The Morgan fingerprint density at radius 3 is 2.77 bits per heavy atom. The third-order valence-corrected chi connectivity index (χ3v) is 3.13. The van der Waals surface area contributed by atoms with Crippen LogP contribution < -0.4 is 10.6 Å². The summed E-state index contributed by atoms with van der Waals surface area (Å²) < 4.78 is 21.9. The van der Waals surface area contributed by atoms with Crippen LogP contribution in [0.4, 0.5) is 0 Å². The molecule has 0 bridgehead atoms. The number of sulfone groups is 1. The summed E-state index contributed by atoms with van der Waals surface area (Å²) in [6, 6.07) is -0.234. The van der Waals surface area contributed by atoms with E-state index in [1.807, 2.05) is 0 Å². The highest BCUT2D eigenvalue weighted by Gasteiger charge is 2.21. The summed E-state index contributed by atoms with van der Waals surface area (Å²) >= 11 is 0. The second kappa shape index (κ2) is 3.89. The number of likely N-dealkylation sites (N-methyl/N-ethyl adjacent to an activating group) is 1. The Balaban J connectivity index is 2.35. The van der Waals surface area contributed by atoms with Gasteiger partial charge in [-0.25, -0.2) is 8.42 Å². The van der Waals surface area contributed by atoms with Crippen molar-refractivity contribution in [3.63, 3.8) is 0 Å². The highest BCUT2D eigenvalue weighted by Crippen LogP contribution is 2.06. The lowest BCUT2D eigenvalue weighted by atomic mass is 10.3. The predicted octanol–water partition coefficient (Wildman–Crippen LogP) is -1.37. The van der Waals surface area contributed by atoms with E-state index in [1.54, 1.807) is 6.08 Å². The second-order valence-electron chi connectivity index (χ2n) is 2.82. The average molecular weight is 204 g/mol. The molecule has 13 heavy (non-hydrogen) atoms. The van der Waals surface area contributed by atoms with Crippen molar-refractivity contribution in [2.45, 2.75) is 6.04 Å². The third-order valence-electron chi connectivity index (χ3n) is 1.73. The normalized spacial score (nSPS) is 24.5. The first-order valence-electron chi connectivity index (χ1n) is 3.88. The summed E-state index contributed by atoms with van der Waals surface area (Å²) in [7, 11) is -1.49. The molecule has 0 radical (unpaired) electrons. The van der Waals surface area contributed by atoms with E-state index in [0.29, 0.717) is 0 Å². The molecule has 0 aromatic heterocycles. The van der Waals surface area contributed by atoms with E-state index in [4.69, 9.17) is 0 Å².